The molecule has 32 heavy (non-hydrogen) atoms. The van der Waals surface area contributed by atoms with Gasteiger partial charge in [-0.25, -0.2) is 0 Å². The molecule has 0 bridgehead atoms. The van der Waals surface area contributed by atoms with Gasteiger partial charge < -0.3 is 24.8 Å². The molecular weight excluding hydrogens is 430 g/mol. The van der Waals surface area contributed by atoms with Gasteiger partial charge in [-0.05, 0) is 37.1 Å². The number of piperazine rings is 1. The van der Waals surface area contributed by atoms with Crippen LogP contribution in [0, 0.1) is 13.8 Å². The Morgan fingerprint density at radius 3 is 2.50 bits per heavy atom. The second kappa shape index (κ2) is 11.5. The van der Waals surface area contributed by atoms with Crippen LogP contribution >= 0.6 is 11.6 Å². The van der Waals surface area contributed by atoms with E-state index in [1.165, 1.54) is 4.90 Å². The van der Waals surface area contributed by atoms with Crippen molar-refractivity contribution in [2.45, 2.75) is 20.0 Å². The Kier molecular flexibility index (Phi) is 8.75. The van der Waals surface area contributed by atoms with E-state index < -0.39 is 6.10 Å². The first-order valence-electron chi connectivity index (χ1n) is 10.9. The lowest BCUT2D eigenvalue weighted by Crippen LogP contribution is -3.15. The van der Waals surface area contributed by atoms with Crippen molar-refractivity contribution in [2.75, 3.05) is 58.3 Å². The lowest BCUT2D eigenvalue weighted by molar-refractivity contribution is -0.896. The minimum absolute atomic E-state index is 0.0352. The third-order valence-corrected chi connectivity index (χ3v) is 6.06. The predicted molar refractivity (Wildman–Crippen MR) is 126 cm³/mol. The van der Waals surface area contributed by atoms with Gasteiger partial charge >= 0.3 is 0 Å². The maximum Gasteiger partial charge on any atom is 0.279 e. The number of nitrogens with zero attached hydrogens (tertiary/aromatic N) is 1. The number of aliphatic hydroxyl groups excluding tert-OH is 1. The van der Waals surface area contributed by atoms with E-state index in [1.54, 1.807) is 25.3 Å². The zero-order valence-corrected chi connectivity index (χ0v) is 19.7. The number of ether oxygens (including phenoxy) is 2. The van der Waals surface area contributed by atoms with Crippen molar-refractivity contribution in [3.05, 3.63) is 52.5 Å². The Bertz CT molecular complexity index is 896. The average Bonchev–Trinajstić information content (AvgIpc) is 2.76. The van der Waals surface area contributed by atoms with E-state index in [4.69, 9.17) is 21.1 Å². The Hall–Kier alpha value is -2.32. The summed E-state index contributed by atoms with van der Waals surface area (Å²) in [6.45, 7) is 8.44. The van der Waals surface area contributed by atoms with Crippen LogP contribution in [-0.4, -0.2) is 75.0 Å². The molecule has 1 heterocycles. The molecule has 0 spiro atoms. The van der Waals surface area contributed by atoms with E-state index in [0.29, 0.717) is 29.6 Å². The molecule has 0 aromatic heterocycles. The first kappa shape index (κ1) is 24.3. The van der Waals surface area contributed by atoms with Crippen molar-refractivity contribution in [1.82, 2.24) is 4.90 Å². The van der Waals surface area contributed by atoms with E-state index in [9.17, 15) is 9.90 Å². The molecule has 0 aliphatic carbocycles. The molecule has 1 aliphatic heterocycles. The van der Waals surface area contributed by atoms with Gasteiger partial charge in [-0.3, -0.25) is 9.69 Å². The van der Waals surface area contributed by atoms with Crippen molar-refractivity contribution in [3.63, 3.8) is 0 Å². The number of carbonyl (C=O) groups is 1. The number of aliphatic hydroxyl groups is 1. The molecule has 1 atom stereocenters. The molecule has 8 heteroatoms. The zero-order chi connectivity index (χ0) is 23.1. The zero-order valence-electron chi connectivity index (χ0n) is 19.0. The van der Waals surface area contributed by atoms with E-state index in [2.05, 4.69) is 10.2 Å². The summed E-state index contributed by atoms with van der Waals surface area (Å²) in [5.74, 6) is 1.02. The summed E-state index contributed by atoms with van der Waals surface area (Å²) < 4.78 is 11.0. The van der Waals surface area contributed by atoms with Crippen LogP contribution in [0.15, 0.2) is 36.4 Å². The van der Waals surface area contributed by atoms with Gasteiger partial charge in [-0.15, -0.1) is 0 Å². The number of amides is 1. The number of carbonyl (C=O) groups excluding carboxylic acids is 1. The molecule has 0 unspecified atom stereocenters. The third-order valence-electron chi connectivity index (χ3n) is 5.76. The van der Waals surface area contributed by atoms with Gasteiger partial charge in [0.05, 0.1) is 25.2 Å². The number of benzene rings is 2. The molecule has 7 nitrogen and oxygen atoms in total. The lowest BCUT2D eigenvalue weighted by atomic mass is 10.1. The van der Waals surface area contributed by atoms with Gasteiger partial charge in [0.25, 0.3) is 5.91 Å². The molecule has 0 saturated carbocycles. The number of nitrogens with one attached hydrogen (secondary N) is 2. The van der Waals surface area contributed by atoms with Crippen LogP contribution in [0.1, 0.15) is 11.1 Å². The SMILES string of the molecule is COc1cccc(Cl)c1OC[C@H](O)CN1CC[NH+](CC(=O)Nc2c(C)cccc2C)CC1. The van der Waals surface area contributed by atoms with E-state index >= 15 is 0 Å². The highest BCUT2D eigenvalue weighted by Crippen LogP contribution is 2.34. The van der Waals surface area contributed by atoms with Crippen molar-refractivity contribution in [2.24, 2.45) is 0 Å². The molecule has 1 amide bonds. The van der Waals surface area contributed by atoms with Crippen LogP contribution < -0.4 is 19.7 Å². The van der Waals surface area contributed by atoms with Crippen molar-refractivity contribution >= 4 is 23.2 Å². The number of anilines is 1. The molecule has 3 rings (SSSR count). The number of quaternary nitrogens is 1. The van der Waals surface area contributed by atoms with Crippen LogP contribution in [0.4, 0.5) is 5.69 Å². The normalized spacial score (nSPS) is 15.9. The van der Waals surface area contributed by atoms with Crippen molar-refractivity contribution < 1.29 is 24.3 Å². The highest BCUT2D eigenvalue weighted by Gasteiger charge is 2.24. The second-order valence-corrected chi connectivity index (χ2v) is 8.69. The fourth-order valence-corrected chi connectivity index (χ4v) is 4.19. The van der Waals surface area contributed by atoms with Crippen LogP contribution in [0.2, 0.25) is 5.02 Å². The topological polar surface area (TPSA) is 75.5 Å². The minimum atomic E-state index is -0.648. The van der Waals surface area contributed by atoms with Crippen LogP contribution in [0.3, 0.4) is 0 Å². The standard InChI is InChI=1S/C24H32ClN3O4/c1-17-6-4-7-18(2)23(17)26-22(30)15-28-12-10-27(11-13-28)14-19(29)16-32-24-20(25)8-5-9-21(24)31-3/h4-9,19,29H,10-16H2,1-3H3,(H,26,30)/p+1/t19-/m1/s1. The molecule has 1 fully saturated rings. The molecular formula is C24H33ClN3O4+. The highest BCUT2D eigenvalue weighted by molar-refractivity contribution is 6.32. The second-order valence-electron chi connectivity index (χ2n) is 8.28. The summed E-state index contributed by atoms with van der Waals surface area (Å²) in [5.41, 5.74) is 3.06. The lowest BCUT2D eigenvalue weighted by Gasteiger charge is -2.33. The summed E-state index contributed by atoms with van der Waals surface area (Å²) in [6, 6.07) is 11.3. The maximum absolute atomic E-state index is 12.5. The number of methoxy groups -OCH3 is 1. The number of hydrogen-bond donors (Lipinski definition) is 3. The number of rotatable bonds is 9. The van der Waals surface area contributed by atoms with Gasteiger partial charge in [0, 0.05) is 25.3 Å². The maximum atomic E-state index is 12.5. The van der Waals surface area contributed by atoms with Gasteiger partial charge in [-0.2, -0.15) is 0 Å². The minimum Gasteiger partial charge on any atom is -0.493 e. The van der Waals surface area contributed by atoms with Crippen LogP contribution in [-0.2, 0) is 4.79 Å². The summed E-state index contributed by atoms with van der Waals surface area (Å²) in [4.78, 5) is 16.0. The van der Waals surface area contributed by atoms with E-state index in [1.807, 2.05) is 32.0 Å². The van der Waals surface area contributed by atoms with Gasteiger partial charge in [0.15, 0.2) is 18.0 Å². The highest BCUT2D eigenvalue weighted by atomic mass is 35.5. The Labute approximate surface area is 194 Å². The van der Waals surface area contributed by atoms with Gasteiger partial charge in [-0.1, -0.05) is 35.9 Å². The number of hydrogen-bond acceptors (Lipinski definition) is 5. The van der Waals surface area contributed by atoms with Gasteiger partial charge in [0.2, 0.25) is 0 Å². The fraction of sp³-hybridized carbons (Fsp3) is 0.458. The van der Waals surface area contributed by atoms with Crippen LogP contribution in [0.5, 0.6) is 11.5 Å². The number of halogens is 1. The van der Waals surface area contributed by atoms with Crippen LogP contribution in [0.25, 0.3) is 0 Å². The molecule has 0 radical (unpaired) electrons. The summed E-state index contributed by atoms with van der Waals surface area (Å²) in [7, 11) is 1.55. The smallest absolute Gasteiger partial charge is 0.279 e. The summed E-state index contributed by atoms with van der Waals surface area (Å²) in [5, 5.41) is 13.9. The van der Waals surface area contributed by atoms with E-state index in [-0.39, 0.29) is 12.5 Å². The number of aryl methyl sites for hydroxylation is 2. The third kappa shape index (κ3) is 6.59. The molecule has 174 valence electrons. The Morgan fingerprint density at radius 1 is 1.19 bits per heavy atom. The Morgan fingerprint density at radius 2 is 1.84 bits per heavy atom. The summed E-state index contributed by atoms with van der Waals surface area (Å²) >= 11 is 6.18. The Balaban J connectivity index is 1.40. The molecule has 1 aliphatic rings. The first-order chi connectivity index (χ1) is 15.4. The van der Waals surface area contributed by atoms with Crippen molar-refractivity contribution in [1.29, 1.82) is 0 Å². The largest absolute Gasteiger partial charge is 0.493 e. The number of β-amino-alcohol motifs (C(OH)–C–C–N with tert-alkyl or cyclic N) is 1. The fourth-order valence-electron chi connectivity index (χ4n) is 3.97. The number of para-hydroxylation sites is 2. The van der Waals surface area contributed by atoms with E-state index in [0.717, 1.165) is 43.0 Å². The van der Waals surface area contributed by atoms with Crippen molar-refractivity contribution in [3.8, 4) is 11.5 Å². The first-order valence-corrected chi connectivity index (χ1v) is 11.3. The average molecular weight is 463 g/mol. The van der Waals surface area contributed by atoms with Gasteiger partial charge in [0.1, 0.15) is 12.7 Å². The predicted octanol–water partition coefficient (Wildman–Crippen LogP) is 1.54. The molecule has 2 aromatic rings. The molecule has 1 saturated heterocycles. The molecule has 2 aromatic carbocycles. The molecule has 3 N–H and O–H groups in total. The monoisotopic (exact) mass is 462 g/mol. The quantitative estimate of drug-likeness (QED) is 0.527. The summed E-state index contributed by atoms with van der Waals surface area (Å²) in [6.07, 6.45) is -0.648.